The molecule has 1 atom stereocenters. The normalized spacial score (nSPS) is 22.1. The van der Waals surface area contributed by atoms with E-state index in [0.717, 1.165) is 12.2 Å². The molecule has 20 heavy (non-hydrogen) atoms. The fraction of sp³-hybridized carbons (Fsp3) is 0.636. The van der Waals surface area contributed by atoms with Crippen LogP contribution in [0.3, 0.4) is 0 Å². The molecular formula is C11H19N3O4S2. The number of hydrogen-bond donors (Lipinski definition) is 3. The maximum absolute atomic E-state index is 12.1. The molecule has 1 aromatic rings. The number of sulfone groups is 1. The summed E-state index contributed by atoms with van der Waals surface area (Å²) in [5.41, 5.74) is 0.770. The van der Waals surface area contributed by atoms with E-state index in [-0.39, 0.29) is 16.4 Å². The van der Waals surface area contributed by atoms with E-state index in [4.69, 9.17) is 0 Å². The van der Waals surface area contributed by atoms with Gasteiger partial charge in [-0.2, -0.15) is 0 Å². The largest absolute Gasteiger partial charge is 0.363 e. The first-order chi connectivity index (χ1) is 9.32. The van der Waals surface area contributed by atoms with E-state index >= 15 is 0 Å². The van der Waals surface area contributed by atoms with Gasteiger partial charge in [-0.1, -0.05) is 6.92 Å². The van der Waals surface area contributed by atoms with Gasteiger partial charge in [-0.25, -0.2) is 21.6 Å². The molecule has 7 nitrogen and oxygen atoms in total. The van der Waals surface area contributed by atoms with Crippen LogP contribution in [0, 0.1) is 0 Å². The molecular weight excluding hydrogens is 302 g/mol. The fourth-order valence-corrected chi connectivity index (χ4v) is 5.18. The summed E-state index contributed by atoms with van der Waals surface area (Å²) in [5, 5.41) is 3.09. The Morgan fingerprint density at radius 2 is 2.20 bits per heavy atom. The highest BCUT2D eigenvalue weighted by molar-refractivity contribution is 7.92. The Kier molecular flexibility index (Phi) is 4.52. The molecule has 0 saturated carbocycles. The van der Waals surface area contributed by atoms with Gasteiger partial charge in [-0.05, 0) is 19.0 Å². The average Bonchev–Trinajstić information content (AvgIpc) is 2.93. The Labute approximate surface area is 119 Å². The van der Waals surface area contributed by atoms with Crippen molar-refractivity contribution in [2.24, 2.45) is 0 Å². The molecule has 1 saturated heterocycles. The zero-order valence-electron chi connectivity index (χ0n) is 11.2. The summed E-state index contributed by atoms with van der Waals surface area (Å²) in [6.07, 6.45) is 1.74. The van der Waals surface area contributed by atoms with Crippen molar-refractivity contribution in [3.05, 3.63) is 18.0 Å². The monoisotopic (exact) mass is 321 g/mol. The second-order valence-electron chi connectivity index (χ2n) is 4.86. The SMILES string of the molecule is CCNCc1cc(S(=O)(=O)NC2CCS(=O)(=O)C2)c[nH]1. The molecule has 0 spiro atoms. The Morgan fingerprint density at radius 3 is 2.80 bits per heavy atom. The van der Waals surface area contributed by atoms with Crippen LogP contribution in [0.15, 0.2) is 17.2 Å². The Balaban J connectivity index is 2.05. The topological polar surface area (TPSA) is 108 Å². The van der Waals surface area contributed by atoms with Crippen LogP contribution in [0.1, 0.15) is 19.0 Å². The molecule has 1 aliphatic rings. The summed E-state index contributed by atoms with van der Waals surface area (Å²) < 4.78 is 49.4. The van der Waals surface area contributed by atoms with Gasteiger partial charge in [0.25, 0.3) is 0 Å². The number of aromatic amines is 1. The fourth-order valence-electron chi connectivity index (χ4n) is 2.11. The van der Waals surface area contributed by atoms with Crippen LogP contribution < -0.4 is 10.0 Å². The molecule has 0 aliphatic carbocycles. The van der Waals surface area contributed by atoms with Crippen LogP contribution in [-0.2, 0) is 26.4 Å². The minimum absolute atomic E-state index is 0.0407. The van der Waals surface area contributed by atoms with Gasteiger partial charge in [0.05, 0.1) is 16.4 Å². The summed E-state index contributed by atoms with van der Waals surface area (Å²) in [6.45, 7) is 3.31. The number of nitrogens with one attached hydrogen (secondary N) is 3. The molecule has 0 radical (unpaired) electrons. The van der Waals surface area contributed by atoms with E-state index in [1.54, 1.807) is 6.07 Å². The molecule has 0 aromatic carbocycles. The molecule has 1 unspecified atom stereocenters. The van der Waals surface area contributed by atoms with Gasteiger partial charge in [-0.15, -0.1) is 0 Å². The molecule has 114 valence electrons. The molecule has 2 rings (SSSR count). The third-order valence-electron chi connectivity index (χ3n) is 3.15. The number of H-pyrrole nitrogens is 1. The van der Waals surface area contributed by atoms with Crippen LogP contribution >= 0.6 is 0 Å². The molecule has 9 heteroatoms. The van der Waals surface area contributed by atoms with Crippen molar-refractivity contribution in [3.8, 4) is 0 Å². The molecule has 2 heterocycles. The van der Waals surface area contributed by atoms with Crippen molar-refractivity contribution in [1.29, 1.82) is 0 Å². The van der Waals surface area contributed by atoms with E-state index in [9.17, 15) is 16.8 Å². The van der Waals surface area contributed by atoms with Gasteiger partial charge in [0.15, 0.2) is 9.84 Å². The summed E-state index contributed by atoms with van der Waals surface area (Å²) in [4.78, 5) is 3.02. The summed E-state index contributed by atoms with van der Waals surface area (Å²) >= 11 is 0. The standard InChI is InChI=1S/C11H19N3O4S2/c1-2-12-6-10-5-11(7-13-10)20(17,18)14-9-3-4-19(15,16)8-9/h5,7,9,12-14H,2-4,6,8H2,1H3. The van der Waals surface area contributed by atoms with Crippen molar-refractivity contribution in [3.63, 3.8) is 0 Å². The zero-order chi connectivity index (χ0) is 14.8. The van der Waals surface area contributed by atoms with E-state index in [0.29, 0.717) is 13.0 Å². The molecule has 3 N–H and O–H groups in total. The summed E-state index contributed by atoms with van der Waals surface area (Å²) in [7, 11) is -6.77. The van der Waals surface area contributed by atoms with Gasteiger partial charge >= 0.3 is 0 Å². The first kappa shape index (κ1) is 15.5. The number of sulfonamides is 1. The van der Waals surface area contributed by atoms with Crippen LogP contribution in [0.5, 0.6) is 0 Å². The third-order valence-corrected chi connectivity index (χ3v) is 6.41. The lowest BCUT2D eigenvalue weighted by molar-refractivity contribution is 0.562. The van der Waals surface area contributed by atoms with Crippen LogP contribution in [0.2, 0.25) is 0 Å². The predicted molar refractivity (Wildman–Crippen MR) is 75.6 cm³/mol. The van der Waals surface area contributed by atoms with Crippen LogP contribution in [-0.4, -0.2) is 45.9 Å². The van der Waals surface area contributed by atoms with Crippen molar-refractivity contribution >= 4 is 19.9 Å². The number of hydrogen-bond acceptors (Lipinski definition) is 5. The highest BCUT2D eigenvalue weighted by Gasteiger charge is 2.31. The van der Waals surface area contributed by atoms with Gasteiger partial charge in [-0.3, -0.25) is 0 Å². The van der Waals surface area contributed by atoms with E-state index in [2.05, 4.69) is 15.0 Å². The summed E-state index contributed by atoms with van der Waals surface area (Å²) in [6, 6.07) is 1.02. The minimum atomic E-state index is -3.67. The first-order valence-corrected chi connectivity index (χ1v) is 9.73. The Hall–Kier alpha value is -0.900. The predicted octanol–water partition coefficient (Wildman–Crippen LogP) is -0.410. The quantitative estimate of drug-likeness (QED) is 0.660. The first-order valence-electron chi connectivity index (χ1n) is 6.43. The Morgan fingerprint density at radius 1 is 1.45 bits per heavy atom. The van der Waals surface area contributed by atoms with Crippen molar-refractivity contribution in [2.75, 3.05) is 18.1 Å². The molecule has 0 amide bonds. The highest BCUT2D eigenvalue weighted by Crippen LogP contribution is 2.16. The molecule has 0 bridgehead atoms. The third kappa shape index (κ3) is 3.81. The lowest BCUT2D eigenvalue weighted by Crippen LogP contribution is -2.35. The van der Waals surface area contributed by atoms with Crippen molar-refractivity contribution < 1.29 is 16.8 Å². The van der Waals surface area contributed by atoms with E-state index in [1.807, 2.05) is 6.92 Å². The second kappa shape index (κ2) is 5.84. The van der Waals surface area contributed by atoms with Crippen molar-refractivity contribution in [2.45, 2.75) is 30.8 Å². The van der Waals surface area contributed by atoms with E-state index < -0.39 is 25.9 Å². The maximum atomic E-state index is 12.1. The lowest BCUT2D eigenvalue weighted by atomic mass is 10.3. The molecule has 1 fully saturated rings. The van der Waals surface area contributed by atoms with Gasteiger partial charge in [0, 0.05) is 24.5 Å². The highest BCUT2D eigenvalue weighted by atomic mass is 32.2. The molecule has 1 aromatic heterocycles. The Bertz CT molecular complexity index is 664. The van der Waals surface area contributed by atoms with Crippen LogP contribution in [0.25, 0.3) is 0 Å². The van der Waals surface area contributed by atoms with Gasteiger partial charge < -0.3 is 10.3 Å². The van der Waals surface area contributed by atoms with E-state index in [1.165, 1.54) is 6.20 Å². The minimum Gasteiger partial charge on any atom is -0.363 e. The van der Waals surface area contributed by atoms with Gasteiger partial charge in [0.2, 0.25) is 10.0 Å². The zero-order valence-corrected chi connectivity index (χ0v) is 12.9. The summed E-state index contributed by atoms with van der Waals surface area (Å²) in [5.74, 6) is -0.0834. The van der Waals surface area contributed by atoms with Crippen molar-refractivity contribution in [1.82, 2.24) is 15.0 Å². The maximum Gasteiger partial charge on any atom is 0.242 e. The molecule has 1 aliphatic heterocycles. The second-order valence-corrected chi connectivity index (χ2v) is 8.80. The lowest BCUT2D eigenvalue weighted by Gasteiger charge is -2.09. The number of aromatic nitrogens is 1. The number of rotatable bonds is 6. The van der Waals surface area contributed by atoms with Gasteiger partial charge in [0.1, 0.15) is 0 Å². The average molecular weight is 321 g/mol. The van der Waals surface area contributed by atoms with Crippen LogP contribution in [0.4, 0.5) is 0 Å². The smallest absolute Gasteiger partial charge is 0.242 e.